The molecular formula is C12H26I2Sn. The molecule has 0 aromatic heterocycles. The van der Waals surface area contributed by atoms with Crippen LogP contribution in [0, 0.1) is 11.8 Å². The van der Waals surface area contributed by atoms with Gasteiger partial charge in [0.1, 0.15) is 0 Å². The molecule has 2 aliphatic rings. The molecule has 0 unspecified atom stereocenters. The van der Waals surface area contributed by atoms with Crippen molar-refractivity contribution in [2.75, 3.05) is 0 Å². The number of hydrogen-bond donors (Lipinski definition) is 0. The van der Waals surface area contributed by atoms with Crippen LogP contribution in [0.4, 0.5) is 0 Å². The fraction of sp³-hybridized carbons (Fsp3) is 1.00. The molecule has 92 valence electrons. The van der Waals surface area contributed by atoms with Gasteiger partial charge in [-0.25, -0.2) is 0 Å². The topological polar surface area (TPSA) is 0 Å². The van der Waals surface area contributed by atoms with E-state index in [-0.39, 0.29) is 71.9 Å². The molecule has 0 atom stereocenters. The first kappa shape index (κ1) is 19.6. The van der Waals surface area contributed by atoms with Crippen LogP contribution in [-0.2, 0) is 0 Å². The zero-order chi connectivity index (χ0) is 8.23. The van der Waals surface area contributed by atoms with Crippen molar-refractivity contribution in [1.82, 2.24) is 0 Å². The van der Waals surface area contributed by atoms with Crippen LogP contribution in [0.5, 0.6) is 0 Å². The molecule has 2 saturated carbocycles. The van der Waals surface area contributed by atoms with E-state index in [1.807, 2.05) is 0 Å². The van der Waals surface area contributed by atoms with Gasteiger partial charge in [0.15, 0.2) is 0 Å². The molecule has 0 aromatic carbocycles. The molecule has 2 fully saturated rings. The van der Waals surface area contributed by atoms with Gasteiger partial charge in [0, 0.05) is 0 Å². The standard InChI is InChI=1S/C12H22.2HI.Sn.2H/c1-3-7-11(8-4-1)12-9-5-2-6-10-12;;;;;/h11-12H,1-10H2;2*1H;;;. The van der Waals surface area contributed by atoms with Crippen LogP contribution in [-0.4, -0.2) is 23.9 Å². The summed E-state index contributed by atoms with van der Waals surface area (Å²) in [4.78, 5) is 0. The third-order valence-corrected chi connectivity index (χ3v) is 3.97. The molecule has 2 aliphatic carbocycles. The van der Waals surface area contributed by atoms with Crippen LogP contribution in [0.15, 0.2) is 0 Å². The Labute approximate surface area is 146 Å². The van der Waals surface area contributed by atoms with Crippen LogP contribution < -0.4 is 0 Å². The van der Waals surface area contributed by atoms with E-state index in [0.29, 0.717) is 0 Å². The molecule has 0 nitrogen and oxygen atoms in total. The van der Waals surface area contributed by atoms with Crippen molar-refractivity contribution < 1.29 is 0 Å². The van der Waals surface area contributed by atoms with Crippen molar-refractivity contribution in [2.45, 2.75) is 64.2 Å². The Hall–Kier alpha value is 2.26. The summed E-state index contributed by atoms with van der Waals surface area (Å²) in [5.74, 6) is 2.28. The van der Waals surface area contributed by atoms with Crippen LogP contribution >= 0.6 is 48.0 Å². The van der Waals surface area contributed by atoms with Crippen LogP contribution in [0.3, 0.4) is 0 Å². The fourth-order valence-corrected chi connectivity index (χ4v) is 3.21. The van der Waals surface area contributed by atoms with E-state index in [0.717, 1.165) is 11.8 Å². The molecule has 0 heterocycles. The summed E-state index contributed by atoms with van der Waals surface area (Å²) >= 11 is 0. The van der Waals surface area contributed by atoms with Crippen molar-refractivity contribution in [1.29, 1.82) is 0 Å². The molecule has 15 heavy (non-hydrogen) atoms. The van der Waals surface area contributed by atoms with Crippen molar-refractivity contribution in [3.05, 3.63) is 0 Å². The number of halogens is 2. The SMILES string of the molecule is C1CCC(C2CCCCC2)CC1.I.I.[SnH2]. The van der Waals surface area contributed by atoms with Gasteiger partial charge < -0.3 is 0 Å². The molecule has 0 aromatic rings. The van der Waals surface area contributed by atoms with Crippen LogP contribution in [0.2, 0.25) is 0 Å². The average Bonchev–Trinajstić information content (AvgIpc) is 2.21. The molecule has 0 bridgehead atoms. The second-order valence-electron chi connectivity index (χ2n) is 4.80. The van der Waals surface area contributed by atoms with Crippen LogP contribution in [0.1, 0.15) is 64.2 Å². The summed E-state index contributed by atoms with van der Waals surface area (Å²) in [5.41, 5.74) is 0. The zero-order valence-electron chi connectivity index (χ0n) is 9.75. The van der Waals surface area contributed by atoms with Crippen molar-refractivity contribution in [3.8, 4) is 0 Å². The summed E-state index contributed by atoms with van der Waals surface area (Å²) in [6, 6.07) is 0. The monoisotopic (exact) mass is 544 g/mol. The van der Waals surface area contributed by atoms with Gasteiger partial charge in [0.2, 0.25) is 0 Å². The summed E-state index contributed by atoms with van der Waals surface area (Å²) in [6.07, 6.45) is 15.4. The molecule has 2 rings (SSSR count). The van der Waals surface area contributed by atoms with Gasteiger partial charge in [-0.05, 0) is 11.8 Å². The Morgan fingerprint density at radius 1 is 0.467 bits per heavy atom. The number of hydrogen-bond acceptors (Lipinski definition) is 0. The first-order chi connectivity index (χ1) is 5.97. The summed E-state index contributed by atoms with van der Waals surface area (Å²) in [5, 5.41) is 0. The molecule has 0 saturated heterocycles. The molecule has 3 heteroatoms. The molecule has 0 spiro atoms. The first-order valence-electron chi connectivity index (χ1n) is 5.97. The van der Waals surface area contributed by atoms with Crippen molar-refractivity contribution in [3.63, 3.8) is 0 Å². The molecule has 2 radical (unpaired) electrons. The Bertz CT molecular complexity index is 114. The van der Waals surface area contributed by atoms with E-state index in [2.05, 4.69) is 0 Å². The summed E-state index contributed by atoms with van der Waals surface area (Å²) in [7, 11) is 0. The van der Waals surface area contributed by atoms with E-state index in [9.17, 15) is 0 Å². The summed E-state index contributed by atoms with van der Waals surface area (Å²) in [6.45, 7) is 0. The van der Waals surface area contributed by atoms with E-state index >= 15 is 0 Å². The maximum absolute atomic E-state index is 1.56. The third-order valence-electron chi connectivity index (χ3n) is 3.97. The molecular weight excluding hydrogens is 517 g/mol. The number of rotatable bonds is 1. The molecule has 0 N–H and O–H groups in total. The Balaban J connectivity index is 0. The van der Waals surface area contributed by atoms with E-state index < -0.39 is 0 Å². The second kappa shape index (κ2) is 11.4. The first-order valence-corrected chi connectivity index (χ1v) is 5.97. The van der Waals surface area contributed by atoms with Gasteiger partial charge in [-0.2, -0.15) is 0 Å². The van der Waals surface area contributed by atoms with E-state index in [4.69, 9.17) is 0 Å². The van der Waals surface area contributed by atoms with Crippen molar-refractivity contribution in [2.24, 2.45) is 11.8 Å². The van der Waals surface area contributed by atoms with Gasteiger partial charge in [0.05, 0.1) is 0 Å². The van der Waals surface area contributed by atoms with Crippen LogP contribution in [0.25, 0.3) is 0 Å². The minimum absolute atomic E-state index is 0. The van der Waals surface area contributed by atoms with Gasteiger partial charge in [-0.3, -0.25) is 0 Å². The van der Waals surface area contributed by atoms with Gasteiger partial charge in [-0.1, -0.05) is 64.2 Å². The summed E-state index contributed by atoms with van der Waals surface area (Å²) < 4.78 is 0. The third kappa shape index (κ3) is 6.67. The minimum atomic E-state index is 0. The Kier molecular flexibility index (Phi) is 14.8. The zero-order valence-corrected chi connectivity index (χ0v) is 18.4. The fourth-order valence-electron chi connectivity index (χ4n) is 3.21. The Morgan fingerprint density at radius 3 is 1.00 bits per heavy atom. The van der Waals surface area contributed by atoms with Gasteiger partial charge >= 0.3 is 23.9 Å². The van der Waals surface area contributed by atoms with Gasteiger partial charge in [0.25, 0.3) is 0 Å². The van der Waals surface area contributed by atoms with E-state index in [1.54, 1.807) is 25.7 Å². The van der Waals surface area contributed by atoms with Crippen molar-refractivity contribution >= 4 is 71.9 Å². The normalized spacial score (nSPS) is 23.2. The maximum atomic E-state index is 1.56. The van der Waals surface area contributed by atoms with Gasteiger partial charge in [-0.15, -0.1) is 48.0 Å². The molecule has 0 amide bonds. The van der Waals surface area contributed by atoms with E-state index in [1.165, 1.54) is 38.5 Å². The molecule has 0 aliphatic heterocycles. The predicted molar refractivity (Wildman–Crippen MR) is 92.5 cm³/mol. The average molecular weight is 543 g/mol. The Morgan fingerprint density at radius 2 is 0.733 bits per heavy atom. The predicted octanol–water partition coefficient (Wildman–Crippen LogP) is 4.47. The quantitative estimate of drug-likeness (QED) is 0.339. The second-order valence-corrected chi connectivity index (χ2v) is 4.80.